The Bertz CT molecular complexity index is 670. The molecule has 1 N–H and O–H groups in total. The Morgan fingerprint density at radius 2 is 1.95 bits per heavy atom. The number of furan rings is 1. The highest BCUT2D eigenvalue weighted by atomic mass is 19.4. The summed E-state index contributed by atoms with van der Waals surface area (Å²) in [5.74, 6) is 0.574. The van der Waals surface area contributed by atoms with Gasteiger partial charge in [-0.1, -0.05) is 6.08 Å². The molecular weight excluding hydrogens is 293 g/mol. The maximum atomic E-state index is 12.7. The van der Waals surface area contributed by atoms with Crippen molar-refractivity contribution in [2.24, 2.45) is 0 Å². The third kappa shape index (κ3) is 3.51. The van der Waals surface area contributed by atoms with E-state index < -0.39 is 11.7 Å². The first-order valence-corrected chi connectivity index (χ1v) is 7.23. The zero-order valence-electron chi connectivity index (χ0n) is 12.0. The lowest BCUT2D eigenvalue weighted by Gasteiger charge is -2.25. The molecule has 0 saturated carbocycles. The van der Waals surface area contributed by atoms with Crippen molar-refractivity contribution in [3.8, 4) is 0 Å². The SMILES string of the molecule is FC(F)(F)c1ccc2oc(/C=C/CN3CCNCC3)cc2c1. The molecule has 6 heteroatoms. The summed E-state index contributed by atoms with van der Waals surface area (Å²) in [6.45, 7) is 4.78. The van der Waals surface area contributed by atoms with E-state index in [4.69, 9.17) is 4.42 Å². The van der Waals surface area contributed by atoms with Gasteiger partial charge < -0.3 is 9.73 Å². The predicted octanol–water partition coefficient (Wildman–Crippen LogP) is 3.37. The van der Waals surface area contributed by atoms with Crippen LogP contribution in [0.1, 0.15) is 11.3 Å². The maximum absolute atomic E-state index is 12.7. The molecule has 1 aliphatic rings. The van der Waals surface area contributed by atoms with Crippen molar-refractivity contribution in [1.82, 2.24) is 10.2 Å². The van der Waals surface area contributed by atoms with Crippen LogP contribution in [0.2, 0.25) is 0 Å². The van der Waals surface area contributed by atoms with Gasteiger partial charge in [0.1, 0.15) is 11.3 Å². The molecule has 0 atom stereocenters. The largest absolute Gasteiger partial charge is 0.457 e. The molecule has 1 fully saturated rings. The molecule has 2 heterocycles. The van der Waals surface area contributed by atoms with Crippen molar-refractivity contribution in [3.05, 3.63) is 41.7 Å². The third-order valence-electron chi connectivity index (χ3n) is 3.72. The van der Waals surface area contributed by atoms with Crippen molar-refractivity contribution in [3.63, 3.8) is 0 Å². The van der Waals surface area contributed by atoms with Gasteiger partial charge in [-0.3, -0.25) is 4.90 Å². The molecule has 1 aromatic heterocycles. The molecule has 3 rings (SSSR count). The highest BCUT2D eigenvalue weighted by Crippen LogP contribution is 2.32. The van der Waals surface area contributed by atoms with Crippen molar-refractivity contribution in [2.75, 3.05) is 32.7 Å². The number of hydrogen-bond acceptors (Lipinski definition) is 3. The molecule has 1 aliphatic heterocycles. The second-order valence-electron chi connectivity index (χ2n) is 5.35. The van der Waals surface area contributed by atoms with E-state index in [0.717, 1.165) is 44.9 Å². The number of piperazine rings is 1. The summed E-state index contributed by atoms with van der Waals surface area (Å²) in [4.78, 5) is 2.30. The van der Waals surface area contributed by atoms with E-state index in [1.807, 2.05) is 12.2 Å². The maximum Gasteiger partial charge on any atom is 0.416 e. The van der Waals surface area contributed by atoms with Gasteiger partial charge in [0.05, 0.1) is 5.56 Å². The zero-order valence-corrected chi connectivity index (χ0v) is 12.0. The van der Waals surface area contributed by atoms with Crippen LogP contribution in [-0.2, 0) is 6.18 Å². The monoisotopic (exact) mass is 310 g/mol. The molecule has 22 heavy (non-hydrogen) atoms. The van der Waals surface area contributed by atoms with Gasteiger partial charge >= 0.3 is 6.18 Å². The topological polar surface area (TPSA) is 28.4 Å². The zero-order chi connectivity index (χ0) is 15.6. The van der Waals surface area contributed by atoms with E-state index in [0.29, 0.717) is 16.7 Å². The standard InChI is InChI=1S/C16H17F3N2O/c17-16(18,19)13-3-4-15-12(10-13)11-14(22-15)2-1-7-21-8-5-20-6-9-21/h1-4,10-11,20H,5-9H2/b2-1+. The van der Waals surface area contributed by atoms with Crippen LogP contribution in [0.3, 0.4) is 0 Å². The van der Waals surface area contributed by atoms with Crippen molar-refractivity contribution in [2.45, 2.75) is 6.18 Å². The van der Waals surface area contributed by atoms with Gasteiger partial charge in [-0.25, -0.2) is 0 Å². The lowest BCUT2D eigenvalue weighted by atomic mass is 10.1. The molecule has 0 radical (unpaired) electrons. The minimum atomic E-state index is -4.33. The van der Waals surface area contributed by atoms with Gasteiger partial charge in [-0.2, -0.15) is 13.2 Å². The predicted molar refractivity (Wildman–Crippen MR) is 79.6 cm³/mol. The number of benzene rings is 1. The number of rotatable bonds is 3. The Morgan fingerprint density at radius 3 is 2.68 bits per heavy atom. The highest BCUT2D eigenvalue weighted by Gasteiger charge is 2.30. The van der Waals surface area contributed by atoms with Crippen LogP contribution in [-0.4, -0.2) is 37.6 Å². The van der Waals surface area contributed by atoms with E-state index in [9.17, 15) is 13.2 Å². The van der Waals surface area contributed by atoms with Crippen molar-refractivity contribution < 1.29 is 17.6 Å². The minimum Gasteiger partial charge on any atom is -0.457 e. The molecule has 2 aromatic rings. The summed E-state index contributed by atoms with van der Waals surface area (Å²) < 4.78 is 43.6. The molecule has 0 unspecified atom stereocenters. The second-order valence-corrected chi connectivity index (χ2v) is 5.35. The van der Waals surface area contributed by atoms with Crippen LogP contribution < -0.4 is 5.32 Å². The van der Waals surface area contributed by atoms with E-state index in [1.165, 1.54) is 6.07 Å². The van der Waals surface area contributed by atoms with E-state index in [1.54, 1.807) is 6.07 Å². The van der Waals surface area contributed by atoms with Gasteiger partial charge in [-0.15, -0.1) is 0 Å². The number of hydrogen-bond donors (Lipinski definition) is 1. The normalized spacial score (nSPS) is 17.6. The van der Waals surface area contributed by atoms with Crippen molar-refractivity contribution >= 4 is 17.0 Å². The fraction of sp³-hybridized carbons (Fsp3) is 0.375. The third-order valence-corrected chi connectivity index (χ3v) is 3.72. The van der Waals surface area contributed by atoms with Crippen LogP contribution in [0, 0.1) is 0 Å². The summed E-state index contributed by atoms with van der Waals surface area (Å²) in [7, 11) is 0. The molecule has 1 aromatic carbocycles. The average molecular weight is 310 g/mol. The molecule has 0 aliphatic carbocycles. The van der Waals surface area contributed by atoms with E-state index in [2.05, 4.69) is 10.2 Å². The van der Waals surface area contributed by atoms with Gasteiger partial charge in [0.15, 0.2) is 0 Å². The molecule has 0 amide bonds. The number of halogens is 3. The molecule has 0 bridgehead atoms. The number of nitrogens with zero attached hydrogens (tertiary/aromatic N) is 1. The van der Waals surface area contributed by atoms with Crippen LogP contribution in [0.4, 0.5) is 13.2 Å². The molecule has 1 saturated heterocycles. The molecule has 0 spiro atoms. The number of fused-ring (bicyclic) bond motifs is 1. The fourth-order valence-electron chi connectivity index (χ4n) is 2.53. The second kappa shape index (κ2) is 6.14. The summed E-state index contributed by atoms with van der Waals surface area (Å²) in [6, 6.07) is 5.16. The van der Waals surface area contributed by atoms with Gasteiger partial charge in [0, 0.05) is 38.1 Å². The van der Waals surface area contributed by atoms with Crippen LogP contribution in [0.25, 0.3) is 17.0 Å². The van der Waals surface area contributed by atoms with E-state index in [-0.39, 0.29) is 0 Å². The Morgan fingerprint density at radius 1 is 1.18 bits per heavy atom. The minimum absolute atomic E-state index is 0.467. The smallest absolute Gasteiger partial charge is 0.416 e. The molecule has 118 valence electrons. The Kier molecular flexibility index (Phi) is 4.22. The average Bonchev–Trinajstić information content (AvgIpc) is 2.89. The Hall–Kier alpha value is -1.79. The first-order valence-electron chi connectivity index (χ1n) is 7.23. The van der Waals surface area contributed by atoms with Crippen LogP contribution in [0.15, 0.2) is 34.8 Å². The quantitative estimate of drug-likeness (QED) is 0.942. The van der Waals surface area contributed by atoms with Gasteiger partial charge in [0.25, 0.3) is 0 Å². The number of alkyl halides is 3. The summed E-state index contributed by atoms with van der Waals surface area (Å²) in [6.07, 6.45) is -0.535. The van der Waals surface area contributed by atoms with Gasteiger partial charge in [0.2, 0.25) is 0 Å². The first kappa shape index (κ1) is 15.1. The van der Waals surface area contributed by atoms with Crippen LogP contribution in [0.5, 0.6) is 0 Å². The van der Waals surface area contributed by atoms with Crippen LogP contribution >= 0.6 is 0 Å². The van der Waals surface area contributed by atoms with Gasteiger partial charge in [-0.05, 0) is 30.3 Å². The Balaban J connectivity index is 1.71. The molecule has 3 nitrogen and oxygen atoms in total. The summed E-state index contributed by atoms with van der Waals surface area (Å²) >= 11 is 0. The first-order chi connectivity index (χ1) is 10.5. The van der Waals surface area contributed by atoms with Crippen molar-refractivity contribution in [1.29, 1.82) is 0 Å². The highest BCUT2D eigenvalue weighted by molar-refractivity contribution is 5.80. The molecular formula is C16H17F3N2O. The lowest BCUT2D eigenvalue weighted by molar-refractivity contribution is -0.137. The number of nitrogens with one attached hydrogen (secondary N) is 1. The lowest BCUT2D eigenvalue weighted by Crippen LogP contribution is -2.43. The fourth-order valence-corrected chi connectivity index (χ4v) is 2.53. The summed E-state index contributed by atoms with van der Waals surface area (Å²) in [5.41, 5.74) is -0.188. The Labute approximate surface area is 126 Å². The summed E-state index contributed by atoms with van der Waals surface area (Å²) in [5, 5.41) is 3.75. The van der Waals surface area contributed by atoms with E-state index >= 15 is 0 Å².